The average molecular weight is 433 g/mol. The van der Waals surface area contributed by atoms with E-state index in [4.69, 9.17) is 17.0 Å². The zero-order valence-corrected chi connectivity index (χ0v) is 19.3. The Morgan fingerprint density at radius 1 is 0.967 bits per heavy atom. The zero-order chi connectivity index (χ0) is 21.6. The van der Waals surface area contributed by atoms with Crippen LogP contribution in [0.2, 0.25) is 0 Å². The van der Waals surface area contributed by atoms with Gasteiger partial charge in [-0.15, -0.1) is 0 Å². The molecule has 1 N–H and O–H groups in total. The third kappa shape index (κ3) is 8.78. The first-order valence-electron chi connectivity index (χ1n) is 11.4. The molecule has 6 nitrogen and oxygen atoms in total. The summed E-state index contributed by atoms with van der Waals surface area (Å²) in [4.78, 5) is 23.4. The van der Waals surface area contributed by atoms with Gasteiger partial charge in [-0.3, -0.25) is 9.78 Å². The maximum absolute atomic E-state index is 12.3. The van der Waals surface area contributed by atoms with Crippen molar-refractivity contribution in [2.24, 2.45) is 0 Å². The van der Waals surface area contributed by atoms with Crippen molar-refractivity contribution in [3.8, 4) is 6.01 Å². The summed E-state index contributed by atoms with van der Waals surface area (Å²) >= 11 is 5.35. The Hall–Kier alpha value is -2.02. The Labute approximate surface area is 185 Å². The number of nitrogens with zero attached hydrogens (tertiary/aromatic N) is 3. The van der Waals surface area contributed by atoms with Gasteiger partial charge in [0.15, 0.2) is 4.77 Å². The number of rotatable bonds is 15. The molecule has 2 aromatic heterocycles. The van der Waals surface area contributed by atoms with E-state index in [1.54, 1.807) is 12.4 Å². The van der Waals surface area contributed by atoms with E-state index < -0.39 is 0 Å². The van der Waals surface area contributed by atoms with Crippen molar-refractivity contribution in [1.29, 1.82) is 0 Å². The lowest BCUT2D eigenvalue weighted by Gasteiger charge is -2.09. The van der Waals surface area contributed by atoms with E-state index >= 15 is 0 Å². The SMILES string of the molecule is CCCCCCCCCCCCn1cc(Cc2cnc(OCC)nc2)c(=O)[nH]c1=S. The fourth-order valence-corrected chi connectivity index (χ4v) is 3.71. The summed E-state index contributed by atoms with van der Waals surface area (Å²) < 4.78 is 7.73. The van der Waals surface area contributed by atoms with Crippen molar-refractivity contribution in [1.82, 2.24) is 19.5 Å². The molecule has 0 bridgehead atoms. The van der Waals surface area contributed by atoms with Crippen LogP contribution in [0, 0.1) is 4.77 Å². The van der Waals surface area contributed by atoms with Crippen molar-refractivity contribution in [2.75, 3.05) is 6.61 Å². The summed E-state index contributed by atoms with van der Waals surface area (Å²) in [5, 5.41) is 0. The summed E-state index contributed by atoms with van der Waals surface area (Å²) in [6.45, 7) is 5.50. The molecule has 0 atom stereocenters. The van der Waals surface area contributed by atoms with Crippen LogP contribution in [0.3, 0.4) is 0 Å². The van der Waals surface area contributed by atoms with Crippen molar-refractivity contribution < 1.29 is 4.74 Å². The van der Waals surface area contributed by atoms with Gasteiger partial charge in [0.25, 0.3) is 5.56 Å². The van der Waals surface area contributed by atoms with E-state index in [0.29, 0.717) is 29.4 Å². The zero-order valence-electron chi connectivity index (χ0n) is 18.5. The monoisotopic (exact) mass is 432 g/mol. The van der Waals surface area contributed by atoms with E-state index in [1.165, 1.54) is 57.8 Å². The lowest BCUT2D eigenvalue weighted by Crippen LogP contribution is -2.18. The topological polar surface area (TPSA) is 72.8 Å². The Morgan fingerprint density at radius 3 is 2.17 bits per heavy atom. The van der Waals surface area contributed by atoms with Gasteiger partial charge >= 0.3 is 6.01 Å². The highest BCUT2D eigenvalue weighted by molar-refractivity contribution is 7.71. The van der Waals surface area contributed by atoms with Crippen LogP contribution in [-0.2, 0) is 13.0 Å². The molecule has 0 aliphatic carbocycles. The average Bonchev–Trinajstić information content (AvgIpc) is 2.74. The van der Waals surface area contributed by atoms with Gasteiger partial charge in [0.1, 0.15) is 0 Å². The molecule has 30 heavy (non-hydrogen) atoms. The quantitative estimate of drug-likeness (QED) is 0.293. The maximum Gasteiger partial charge on any atom is 0.316 e. The largest absolute Gasteiger partial charge is 0.464 e. The van der Waals surface area contributed by atoms with Crippen LogP contribution in [0.5, 0.6) is 6.01 Å². The Morgan fingerprint density at radius 2 is 1.57 bits per heavy atom. The molecule has 0 spiro atoms. The van der Waals surface area contributed by atoms with Crippen LogP contribution in [0.25, 0.3) is 0 Å². The fourth-order valence-electron chi connectivity index (χ4n) is 3.47. The molecule has 166 valence electrons. The highest BCUT2D eigenvalue weighted by Crippen LogP contribution is 2.12. The standard InChI is InChI=1S/C23H36N4O2S/c1-3-5-6-7-8-9-10-11-12-13-14-27-18-20(21(28)26-23(27)30)15-19-16-24-22(25-17-19)29-4-2/h16-18H,3-15H2,1-2H3,(H,26,28,30). The maximum atomic E-state index is 12.3. The molecule has 0 fully saturated rings. The van der Waals surface area contributed by atoms with E-state index in [-0.39, 0.29) is 5.56 Å². The van der Waals surface area contributed by atoms with E-state index in [9.17, 15) is 4.79 Å². The molecule has 0 aromatic carbocycles. The molecule has 0 saturated heterocycles. The molecule has 0 saturated carbocycles. The molecule has 0 radical (unpaired) electrons. The first-order valence-corrected chi connectivity index (χ1v) is 11.8. The minimum atomic E-state index is -0.145. The lowest BCUT2D eigenvalue weighted by molar-refractivity contribution is 0.312. The smallest absolute Gasteiger partial charge is 0.316 e. The van der Waals surface area contributed by atoms with Crippen molar-refractivity contribution >= 4 is 12.2 Å². The first-order chi connectivity index (χ1) is 14.6. The molecule has 2 rings (SSSR count). The second-order valence-corrected chi connectivity index (χ2v) is 8.16. The number of unbranched alkanes of at least 4 members (excludes halogenated alkanes) is 9. The van der Waals surface area contributed by atoms with E-state index in [2.05, 4.69) is 21.9 Å². The Bertz CT molecular complexity index is 846. The fraction of sp³-hybridized carbons (Fsp3) is 0.652. The number of aromatic amines is 1. The summed E-state index contributed by atoms with van der Waals surface area (Å²) in [5.74, 6) is 0. The predicted molar refractivity (Wildman–Crippen MR) is 124 cm³/mol. The van der Waals surface area contributed by atoms with Gasteiger partial charge in [-0.25, -0.2) is 9.97 Å². The van der Waals surface area contributed by atoms with Gasteiger partial charge in [0, 0.05) is 37.1 Å². The first kappa shape index (κ1) is 24.3. The number of aromatic nitrogens is 4. The Kier molecular flexibility index (Phi) is 11.4. The minimum absolute atomic E-state index is 0.145. The van der Waals surface area contributed by atoms with Crippen LogP contribution in [0.1, 0.15) is 89.2 Å². The minimum Gasteiger partial charge on any atom is -0.464 e. The summed E-state index contributed by atoms with van der Waals surface area (Å²) in [6, 6.07) is 0.354. The van der Waals surface area contributed by atoms with Gasteiger partial charge in [-0.1, -0.05) is 64.7 Å². The van der Waals surface area contributed by atoms with Gasteiger partial charge in [0.05, 0.1) is 6.61 Å². The molecule has 2 heterocycles. The number of H-pyrrole nitrogens is 1. The summed E-state index contributed by atoms with van der Waals surface area (Å²) in [5.41, 5.74) is 1.39. The van der Waals surface area contributed by atoms with Crippen LogP contribution >= 0.6 is 12.2 Å². The normalized spacial score (nSPS) is 11.0. The molecule has 0 amide bonds. The van der Waals surface area contributed by atoms with Crippen molar-refractivity contribution in [2.45, 2.75) is 91.0 Å². The summed E-state index contributed by atoms with van der Waals surface area (Å²) in [7, 11) is 0. The molecule has 0 aliphatic rings. The molecular formula is C23H36N4O2S. The highest BCUT2D eigenvalue weighted by atomic mass is 32.1. The van der Waals surface area contributed by atoms with E-state index in [0.717, 1.165) is 18.5 Å². The number of nitrogens with one attached hydrogen (secondary N) is 1. The van der Waals surface area contributed by atoms with Gasteiger partial charge < -0.3 is 9.30 Å². The van der Waals surface area contributed by atoms with Crippen LogP contribution < -0.4 is 10.3 Å². The van der Waals surface area contributed by atoms with Gasteiger partial charge in [0.2, 0.25) is 0 Å². The molecular weight excluding hydrogens is 396 g/mol. The molecule has 0 unspecified atom stereocenters. The lowest BCUT2D eigenvalue weighted by atomic mass is 10.1. The summed E-state index contributed by atoms with van der Waals surface area (Å²) in [6.07, 6.45) is 18.7. The molecule has 7 heteroatoms. The third-order valence-electron chi connectivity index (χ3n) is 5.19. The number of hydrogen-bond acceptors (Lipinski definition) is 5. The third-order valence-corrected chi connectivity index (χ3v) is 5.52. The van der Waals surface area contributed by atoms with E-state index in [1.807, 2.05) is 17.7 Å². The second kappa shape index (κ2) is 14.1. The molecule has 0 aliphatic heterocycles. The van der Waals surface area contributed by atoms with Crippen molar-refractivity contribution in [3.05, 3.63) is 44.8 Å². The van der Waals surface area contributed by atoms with Crippen LogP contribution in [0.4, 0.5) is 0 Å². The van der Waals surface area contributed by atoms with Crippen LogP contribution in [-0.4, -0.2) is 26.1 Å². The van der Waals surface area contributed by atoms with Crippen LogP contribution in [0.15, 0.2) is 23.4 Å². The number of ether oxygens (including phenoxy) is 1. The second-order valence-electron chi connectivity index (χ2n) is 7.77. The number of aryl methyl sites for hydroxylation is 1. The highest BCUT2D eigenvalue weighted by Gasteiger charge is 2.06. The number of hydrogen-bond donors (Lipinski definition) is 1. The molecule has 2 aromatic rings. The predicted octanol–water partition coefficient (Wildman–Crippen LogP) is 5.61. The van der Waals surface area contributed by atoms with Gasteiger partial charge in [-0.2, -0.15) is 0 Å². The Balaban J connectivity index is 1.79. The van der Waals surface area contributed by atoms with Crippen molar-refractivity contribution in [3.63, 3.8) is 0 Å². The van der Waals surface area contributed by atoms with Gasteiger partial charge in [-0.05, 0) is 31.1 Å².